The first kappa shape index (κ1) is 9.91. The fraction of sp³-hybridized carbons (Fsp3) is 1.00. The van der Waals surface area contributed by atoms with E-state index in [4.69, 9.17) is 10.5 Å². The van der Waals surface area contributed by atoms with E-state index in [2.05, 4.69) is 4.72 Å². The largest absolute Gasteiger partial charge is 0.379 e. The van der Waals surface area contributed by atoms with E-state index in [0.29, 0.717) is 19.6 Å². The summed E-state index contributed by atoms with van der Waals surface area (Å²) in [5.74, 6) is 0. The van der Waals surface area contributed by atoms with Crippen LogP contribution >= 0.6 is 0 Å². The summed E-state index contributed by atoms with van der Waals surface area (Å²) in [7, 11) is -3.19. The molecule has 0 aromatic carbocycles. The summed E-state index contributed by atoms with van der Waals surface area (Å²) >= 11 is 0. The van der Waals surface area contributed by atoms with Gasteiger partial charge in [-0.2, -0.15) is 0 Å². The summed E-state index contributed by atoms with van der Waals surface area (Å²) in [5.41, 5.74) is 4.91. The van der Waals surface area contributed by atoms with Crippen molar-refractivity contribution in [1.29, 1.82) is 0 Å². The first-order valence-corrected chi connectivity index (χ1v) is 5.63. The van der Waals surface area contributed by atoms with E-state index in [1.54, 1.807) is 0 Å². The molecule has 1 aliphatic heterocycles. The van der Waals surface area contributed by atoms with E-state index < -0.39 is 15.6 Å². The SMILES string of the molecule is CS(=O)(=O)NC1(CN)CCOC1. The van der Waals surface area contributed by atoms with Crippen molar-refractivity contribution < 1.29 is 13.2 Å². The molecule has 1 rings (SSSR count). The molecule has 72 valence electrons. The van der Waals surface area contributed by atoms with Crippen molar-refractivity contribution in [2.75, 3.05) is 26.0 Å². The second-order valence-electron chi connectivity index (χ2n) is 3.16. The fourth-order valence-corrected chi connectivity index (χ4v) is 2.31. The van der Waals surface area contributed by atoms with Gasteiger partial charge in [0.15, 0.2) is 0 Å². The van der Waals surface area contributed by atoms with Crippen LogP contribution in [0.5, 0.6) is 0 Å². The molecule has 0 aromatic heterocycles. The maximum Gasteiger partial charge on any atom is 0.209 e. The maximum atomic E-state index is 10.9. The number of ether oxygens (including phenoxy) is 1. The number of hydrogen-bond acceptors (Lipinski definition) is 4. The van der Waals surface area contributed by atoms with Crippen molar-refractivity contribution >= 4 is 10.0 Å². The molecule has 1 atom stereocenters. The molecule has 0 radical (unpaired) electrons. The summed E-state index contributed by atoms with van der Waals surface area (Å²) in [5, 5.41) is 0. The highest BCUT2D eigenvalue weighted by molar-refractivity contribution is 7.88. The molecule has 5 nitrogen and oxygen atoms in total. The molecule has 3 N–H and O–H groups in total. The van der Waals surface area contributed by atoms with E-state index in [1.165, 1.54) is 0 Å². The summed E-state index contributed by atoms with van der Waals surface area (Å²) in [6, 6.07) is 0. The van der Waals surface area contributed by atoms with Gasteiger partial charge in [-0.3, -0.25) is 0 Å². The Balaban J connectivity index is 2.68. The first-order valence-electron chi connectivity index (χ1n) is 3.74. The molecular weight excluding hydrogens is 180 g/mol. The topological polar surface area (TPSA) is 81.4 Å². The fourth-order valence-electron chi connectivity index (χ4n) is 1.28. The molecule has 1 aliphatic rings. The van der Waals surface area contributed by atoms with E-state index >= 15 is 0 Å². The van der Waals surface area contributed by atoms with Crippen LogP contribution in [-0.4, -0.2) is 40.0 Å². The number of sulfonamides is 1. The highest BCUT2D eigenvalue weighted by atomic mass is 32.2. The zero-order chi connectivity index (χ0) is 9.24. The quantitative estimate of drug-likeness (QED) is 0.582. The minimum Gasteiger partial charge on any atom is -0.379 e. The second-order valence-corrected chi connectivity index (χ2v) is 4.91. The molecule has 0 amide bonds. The summed E-state index contributed by atoms with van der Waals surface area (Å²) in [4.78, 5) is 0. The Morgan fingerprint density at radius 2 is 2.33 bits per heavy atom. The number of nitrogens with one attached hydrogen (secondary N) is 1. The lowest BCUT2D eigenvalue weighted by Crippen LogP contribution is -2.53. The van der Waals surface area contributed by atoms with Crippen molar-refractivity contribution in [3.8, 4) is 0 Å². The van der Waals surface area contributed by atoms with Gasteiger partial charge in [-0.05, 0) is 6.42 Å². The summed E-state index contributed by atoms with van der Waals surface area (Å²) in [6.07, 6.45) is 1.78. The molecule has 0 saturated carbocycles. The molecule has 12 heavy (non-hydrogen) atoms. The van der Waals surface area contributed by atoms with Crippen molar-refractivity contribution in [3.63, 3.8) is 0 Å². The Labute approximate surface area is 72.3 Å². The standard InChI is InChI=1S/C6H14N2O3S/c1-12(9,10)8-6(4-7)2-3-11-5-6/h8H,2-5,7H2,1H3. The average molecular weight is 194 g/mol. The Kier molecular flexibility index (Phi) is 2.72. The minimum atomic E-state index is -3.19. The van der Waals surface area contributed by atoms with Crippen LogP contribution in [-0.2, 0) is 14.8 Å². The van der Waals surface area contributed by atoms with Gasteiger partial charge in [0.2, 0.25) is 10.0 Å². The van der Waals surface area contributed by atoms with Gasteiger partial charge in [-0.1, -0.05) is 0 Å². The van der Waals surface area contributed by atoms with Gasteiger partial charge >= 0.3 is 0 Å². The Bertz CT molecular complexity index is 244. The molecule has 0 bridgehead atoms. The van der Waals surface area contributed by atoms with E-state index in [0.717, 1.165) is 6.26 Å². The predicted octanol–water partition coefficient (Wildman–Crippen LogP) is -1.35. The molecule has 0 spiro atoms. The van der Waals surface area contributed by atoms with Crippen LogP contribution in [0.2, 0.25) is 0 Å². The van der Waals surface area contributed by atoms with Crippen LogP contribution in [0.25, 0.3) is 0 Å². The Morgan fingerprint density at radius 1 is 1.67 bits per heavy atom. The van der Waals surface area contributed by atoms with Crippen molar-refractivity contribution in [2.24, 2.45) is 5.73 Å². The highest BCUT2D eigenvalue weighted by Crippen LogP contribution is 2.17. The Hall–Kier alpha value is -0.170. The molecule has 6 heteroatoms. The van der Waals surface area contributed by atoms with Crippen molar-refractivity contribution in [1.82, 2.24) is 4.72 Å². The van der Waals surface area contributed by atoms with Gasteiger partial charge < -0.3 is 10.5 Å². The molecule has 1 saturated heterocycles. The van der Waals surface area contributed by atoms with Gasteiger partial charge in [-0.25, -0.2) is 13.1 Å². The lowest BCUT2D eigenvalue weighted by molar-refractivity contribution is 0.175. The van der Waals surface area contributed by atoms with Gasteiger partial charge in [0.1, 0.15) is 0 Å². The molecule has 1 heterocycles. The third kappa shape index (κ3) is 2.41. The van der Waals surface area contributed by atoms with E-state index in [9.17, 15) is 8.42 Å². The van der Waals surface area contributed by atoms with Crippen LogP contribution < -0.4 is 10.5 Å². The van der Waals surface area contributed by atoms with Gasteiger partial charge in [0.25, 0.3) is 0 Å². The van der Waals surface area contributed by atoms with E-state index in [-0.39, 0.29) is 6.54 Å². The first-order chi connectivity index (χ1) is 5.47. The number of rotatable bonds is 3. The predicted molar refractivity (Wildman–Crippen MR) is 45.2 cm³/mol. The highest BCUT2D eigenvalue weighted by Gasteiger charge is 2.35. The molecule has 0 aromatic rings. The van der Waals surface area contributed by atoms with Gasteiger partial charge in [0, 0.05) is 13.2 Å². The lowest BCUT2D eigenvalue weighted by atomic mass is 10.0. The molecular formula is C6H14N2O3S. The van der Waals surface area contributed by atoms with Crippen molar-refractivity contribution in [2.45, 2.75) is 12.0 Å². The van der Waals surface area contributed by atoms with Crippen LogP contribution in [0.3, 0.4) is 0 Å². The Morgan fingerprint density at radius 3 is 2.67 bits per heavy atom. The summed E-state index contributed by atoms with van der Waals surface area (Å²) in [6.45, 7) is 1.22. The zero-order valence-electron chi connectivity index (χ0n) is 7.04. The van der Waals surface area contributed by atoms with Crippen molar-refractivity contribution in [3.05, 3.63) is 0 Å². The van der Waals surface area contributed by atoms with Crippen LogP contribution in [0, 0.1) is 0 Å². The number of nitrogens with two attached hydrogens (primary N) is 1. The van der Waals surface area contributed by atoms with Crippen LogP contribution in [0.15, 0.2) is 0 Å². The zero-order valence-corrected chi connectivity index (χ0v) is 7.86. The van der Waals surface area contributed by atoms with Crippen LogP contribution in [0.4, 0.5) is 0 Å². The summed E-state index contributed by atoms with van der Waals surface area (Å²) < 4.78 is 29.5. The maximum absolute atomic E-state index is 10.9. The normalized spacial score (nSPS) is 30.8. The van der Waals surface area contributed by atoms with Gasteiger partial charge in [-0.15, -0.1) is 0 Å². The molecule has 0 aliphatic carbocycles. The third-order valence-electron chi connectivity index (χ3n) is 1.90. The van der Waals surface area contributed by atoms with Crippen LogP contribution in [0.1, 0.15) is 6.42 Å². The smallest absolute Gasteiger partial charge is 0.209 e. The monoisotopic (exact) mass is 194 g/mol. The molecule has 1 fully saturated rings. The number of hydrogen-bond donors (Lipinski definition) is 2. The average Bonchev–Trinajstić information content (AvgIpc) is 2.34. The third-order valence-corrected chi connectivity index (χ3v) is 2.70. The van der Waals surface area contributed by atoms with Gasteiger partial charge in [0.05, 0.1) is 18.4 Å². The lowest BCUT2D eigenvalue weighted by Gasteiger charge is -2.25. The second kappa shape index (κ2) is 3.29. The molecule has 1 unspecified atom stereocenters. The van der Waals surface area contributed by atoms with E-state index in [1.807, 2.05) is 0 Å². The minimum absolute atomic E-state index is 0.278.